The molecule has 7 nitrogen and oxygen atoms in total. The number of nitrogens with one attached hydrogen (secondary N) is 1. The molecule has 1 unspecified atom stereocenters. The fourth-order valence-corrected chi connectivity index (χ4v) is 4.14. The van der Waals surface area contributed by atoms with Gasteiger partial charge in [-0.2, -0.15) is 17.5 Å². The zero-order valence-electron chi connectivity index (χ0n) is 13.5. The number of carboxylic acid groups (broad SMARTS) is 1. The van der Waals surface area contributed by atoms with Crippen LogP contribution in [-0.2, 0) is 14.8 Å². The second kappa shape index (κ2) is 7.62. The number of alkyl halides is 3. The van der Waals surface area contributed by atoms with E-state index in [1.165, 1.54) is 12.1 Å². The molecule has 1 aliphatic heterocycles. The third-order valence-electron chi connectivity index (χ3n) is 4.00. The molecule has 2 rings (SSSR count). The summed E-state index contributed by atoms with van der Waals surface area (Å²) in [7, 11) is -4.12. The Morgan fingerprint density at radius 3 is 2.38 bits per heavy atom. The summed E-state index contributed by atoms with van der Waals surface area (Å²) < 4.78 is 64.5. The number of piperidine rings is 1. The molecular formula is C15H17F3N2O5S. The number of hydrogen-bond acceptors (Lipinski definition) is 4. The molecule has 2 N–H and O–H groups in total. The largest absolute Gasteiger partial charge is 0.480 e. The van der Waals surface area contributed by atoms with Crippen molar-refractivity contribution in [3.8, 4) is 0 Å². The van der Waals surface area contributed by atoms with Gasteiger partial charge in [0.05, 0.1) is 10.8 Å². The van der Waals surface area contributed by atoms with Crippen molar-refractivity contribution in [2.24, 2.45) is 5.92 Å². The molecule has 1 aromatic rings. The van der Waals surface area contributed by atoms with Crippen LogP contribution in [0.1, 0.15) is 23.2 Å². The molecule has 0 bridgehead atoms. The van der Waals surface area contributed by atoms with Crippen LogP contribution in [0.2, 0.25) is 0 Å². The number of carbonyl (C=O) groups is 2. The lowest BCUT2D eigenvalue weighted by Gasteiger charge is -2.32. The molecule has 1 saturated heterocycles. The second-order valence-electron chi connectivity index (χ2n) is 5.84. The van der Waals surface area contributed by atoms with E-state index < -0.39 is 47.1 Å². The van der Waals surface area contributed by atoms with Gasteiger partial charge in [-0.15, -0.1) is 0 Å². The first-order chi connectivity index (χ1) is 12.0. The lowest BCUT2D eigenvalue weighted by Crippen LogP contribution is -2.44. The number of carbonyl (C=O) groups excluding carboxylic acids is 1. The number of sulfonamides is 1. The fourth-order valence-electron chi connectivity index (χ4n) is 2.61. The van der Waals surface area contributed by atoms with E-state index in [2.05, 4.69) is 5.32 Å². The number of halogens is 3. The summed E-state index contributed by atoms with van der Waals surface area (Å²) in [6.45, 7) is -1.23. The second-order valence-corrected chi connectivity index (χ2v) is 7.78. The number of rotatable bonds is 5. The van der Waals surface area contributed by atoms with Gasteiger partial charge in [0.1, 0.15) is 6.54 Å². The van der Waals surface area contributed by atoms with E-state index in [9.17, 15) is 31.2 Å². The Morgan fingerprint density at radius 1 is 1.23 bits per heavy atom. The molecule has 1 fully saturated rings. The maximum absolute atomic E-state index is 12.9. The standard InChI is InChI=1S/C15H17F3N2O5S/c16-15(17,18)11-2-1-7-20(9-11)26(24,25)12-5-3-10(4-6-12)14(23)19-8-13(21)22/h3-6,11H,1-2,7-9H2,(H,19,23)(H,21,22). The van der Waals surface area contributed by atoms with Crippen molar-refractivity contribution in [2.45, 2.75) is 23.9 Å². The number of amides is 1. The van der Waals surface area contributed by atoms with Gasteiger partial charge in [0.25, 0.3) is 5.91 Å². The third kappa shape index (κ3) is 4.73. The van der Waals surface area contributed by atoms with Crippen LogP contribution in [0.15, 0.2) is 29.2 Å². The average Bonchev–Trinajstić information content (AvgIpc) is 2.59. The zero-order chi connectivity index (χ0) is 19.5. The van der Waals surface area contributed by atoms with Crippen LogP contribution in [-0.4, -0.2) is 55.5 Å². The summed E-state index contributed by atoms with van der Waals surface area (Å²) in [5.41, 5.74) is 0.0389. The van der Waals surface area contributed by atoms with Gasteiger partial charge in [0.2, 0.25) is 10.0 Å². The maximum Gasteiger partial charge on any atom is 0.393 e. The molecule has 0 radical (unpaired) electrons. The Labute approximate surface area is 147 Å². The van der Waals surface area contributed by atoms with E-state index in [4.69, 9.17) is 5.11 Å². The molecule has 11 heteroatoms. The Hall–Kier alpha value is -2.14. The van der Waals surface area contributed by atoms with Gasteiger partial charge >= 0.3 is 12.1 Å². The average molecular weight is 394 g/mol. The number of nitrogens with zero attached hydrogens (tertiary/aromatic N) is 1. The minimum absolute atomic E-state index is 0.00420. The van der Waals surface area contributed by atoms with E-state index in [1.807, 2.05) is 0 Å². The molecule has 1 heterocycles. The van der Waals surface area contributed by atoms with Gasteiger partial charge in [-0.05, 0) is 37.1 Å². The van der Waals surface area contributed by atoms with Crippen molar-refractivity contribution in [1.82, 2.24) is 9.62 Å². The Balaban J connectivity index is 2.14. The van der Waals surface area contributed by atoms with Crippen molar-refractivity contribution in [3.05, 3.63) is 29.8 Å². The van der Waals surface area contributed by atoms with Crippen LogP contribution in [0.5, 0.6) is 0 Å². The number of benzene rings is 1. The van der Waals surface area contributed by atoms with Crippen LogP contribution >= 0.6 is 0 Å². The number of hydrogen-bond donors (Lipinski definition) is 2. The summed E-state index contributed by atoms with van der Waals surface area (Å²) in [5, 5.41) is 10.6. The predicted molar refractivity (Wildman–Crippen MR) is 83.9 cm³/mol. The number of carboxylic acids is 1. The molecule has 1 amide bonds. The molecule has 1 aromatic carbocycles. The first-order valence-corrected chi connectivity index (χ1v) is 9.12. The van der Waals surface area contributed by atoms with Crippen molar-refractivity contribution >= 4 is 21.9 Å². The van der Waals surface area contributed by atoms with Crippen molar-refractivity contribution < 1.29 is 36.3 Å². The Bertz CT molecular complexity index is 777. The topological polar surface area (TPSA) is 104 Å². The highest BCUT2D eigenvalue weighted by Crippen LogP contribution is 2.34. The molecule has 1 atom stereocenters. The summed E-state index contributed by atoms with van der Waals surface area (Å²) in [6.07, 6.45) is -4.46. The quantitative estimate of drug-likeness (QED) is 0.787. The molecule has 0 saturated carbocycles. The normalized spacial score (nSPS) is 19.1. The Kier molecular flexibility index (Phi) is 5.91. The molecule has 0 aliphatic carbocycles. The highest BCUT2D eigenvalue weighted by atomic mass is 32.2. The molecule has 0 spiro atoms. The maximum atomic E-state index is 12.9. The van der Waals surface area contributed by atoms with Gasteiger partial charge in [-0.3, -0.25) is 9.59 Å². The highest BCUT2D eigenvalue weighted by molar-refractivity contribution is 7.89. The molecule has 144 valence electrons. The summed E-state index contributed by atoms with van der Waals surface area (Å²) >= 11 is 0. The van der Waals surface area contributed by atoms with Gasteiger partial charge < -0.3 is 10.4 Å². The van der Waals surface area contributed by atoms with E-state index in [0.717, 1.165) is 16.4 Å². The van der Waals surface area contributed by atoms with Gasteiger partial charge in [0.15, 0.2) is 0 Å². The van der Waals surface area contributed by atoms with Crippen molar-refractivity contribution in [2.75, 3.05) is 19.6 Å². The Morgan fingerprint density at radius 2 is 1.85 bits per heavy atom. The van der Waals surface area contributed by atoms with Crippen molar-refractivity contribution in [3.63, 3.8) is 0 Å². The fraction of sp³-hybridized carbons (Fsp3) is 0.467. The monoisotopic (exact) mass is 394 g/mol. The summed E-state index contributed by atoms with van der Waals surface area (Å²) in [6, 6.07) is 4.58. The van der Waals surface area contributed by atoms with E-state index in [1.54, 1.807) is 0 Å². The van der Waals surface area contributed by atoms with E-state index >= 15 is 0 Å². The number of aliphatic carboxylic acids is 1. The van der Waals surface area contributed by atoms with Gasteiger partial charge in [0, 0.05) is 18.7 Å². The van der Waals surface area contributed by atoms with E-state index in [0.29, 0.717) is 0 Å². The minimum atomic E-state index is -4.46. The van der Waals surface area contributed by atoms with E-state index in [-0.39, 0.29) is 29.8 Å². The molecule has 26 heavy (non-hydrogen) atoms. The zero-order valence-corrected chi connectivity index (χ0v) is 14.3. The summed E-state index contributed by atoms with van der Waals surface area (Å²) in [4.78, 5) is 21.9. The van der Waals surface area contributed by atoms with Crippen LogP contribution < -0.4 is 5.32 Å². The molecule has 1 aliphatic rings. The molecular weight excluding hydrogens is 377 g/mol. The highest BCUT2D eigenvalue weighted by Gasteiger charge is 2.44. The minimum Gasteiger partial charge on any atom is -0.480 e. The SMILES string of the molecule is O=C(O)CNC(=O)c1ccc(S(=O)(=O)N2CCCC(C(F)(F)F)C2)cc1. The van der Waals surface area contributed by atoms with Crippen molar-refractivity contribution in [1.29, 1.82) is 0 Å². The lowest BCUT2D eigenvalue weighted by atomic mass is 9.99. The van der Waals surface area contributed by atoms with Crippen LogP contribution in [0.4, 0.5) is 13.2 Å². The smallest absolute Gasteiger partial charge is 0.393 e. The third-order valence-corrected chi connectivity index (χ3v) is 5.88. The van der Waals surface area contributed by atoms with Gasteiger partial charge in [-0.25, -0.2) is 8.42 Å². The first kappa shape index (κ1) is 20.2. The van der Waals surface area contributed by atoms with Crippen LogP contribution in [0, 0.1) is 5.92 Å². The molecule has 0 aromatic heterocycles. The first-order valence-electron chi connectivity index (χ1n) is 7.68. The predicted octanol–water partition coefficient (Wildman–Crippen LogP) is 1.46. The van der Waals surface area contributed by atoms with Gasteiger partial charge in [-0.1, -0.05) is 0 Å². The van der Waals surface area contributed by atoms with Crippen LogP contribution in [0.3, 0.4) is 0 Å². The summed E-state index contributed by atoms with van der Waals surface area (Å²) in [5.74, 6) is -3.64. The lowest BCUT2D eigenvalue weighted by molar-refractivity contribution is -0.182. The van der Waals surface area contributed by atoms with Crippen LogP contribution in [0.25, 0.3) is 0 Å².